The van der Waals surface area contributed by atoms with Crippen LogP contribution >= 0.6 is 11.6 Å². The van der Waals surface area contributed by atoms with Crippen LogP contribution in [0, 0.1) is 12.7 Å². The Bertz CT molecular complexity index is 1040. The van der Waals surface area contributed by atoms with Crippen LogP contribution in [0.2, 0.25) is 5.02 Å². The minimum absolute atomic E-state index is 0.0438. The van der Waals surface area contributed by atoms with Crippen LogP contribution in [0.4, 0.5) is 14.9 Å². The van der Waals surface area contributed by atoms with E-state index in [2.05, 4.69) is 15.5 Å². The van der Waals surface area contributed by atoms with Crippen molar-refractivity contribution in [1.82, 2.24) is 15.0 Å². The highest BCUT2D eigenvalue weighted by atomic mass is 35.5. The van der Waals surface area contributed by atoms with Crippen molar-refractivity contribution in [1.29, 1.82) is 0 Å². The van der Waals surface area contributed by atoms with Crippen LogP contribution in [0.5, 0.6) is 0 Å². The van der Waals surface area contributed by atoms with Gasteiger partial charge in [-0.3, -0.25) is 0 Å². The number of nitrogens with one attached hydrogen (secondary N) is 1. The van der Waals surface area contributed by atoms with Crippen LogP contribution in [0.3, 0.4) is 0 Å². The molecule has 29 heavy (non-hydrogen) atoms. The predicted molar refractivity (Wildman–Crippen MR) is 108 cm³/mol. The first kappa shape index (κ1) is 19.4. The van der Waals surface area contributed by atoms with Gasteiger partial charge in [0.25, 0.3) is 0 Å². The number of hydrogen-bond donors (Lipinski definition) is 1. The van der Waals surface area contributed by atoms with Crippen molar-refractivity contribution in [3.8, 4) is 11.4 Å². The van der Waals surface area contributed by atoms with E-state index >= 15 is 0 Å². The van der Waals surface area contributed by atoms with E-state index in [-0.39, 0.29) is 17.1 Å². The minimum Gasteiger partial charge on any atom is -0.337 e. The largest absolute Gasteiger partial charge is 0.337 e. The molecular formula is C21H20ClFN4O2. The number of aromatic nitrogens is 2. The molecule has 0 bridgehead atoms. The summed E-state index contributed by atoms with van der Waals surface area (Å²) >= 11 is 5.81. The molecule has 1 aliphatic heterocycles. The molecule has 3 aromatic rings. The summed E-state index contributed by atoms with van der Waals surface area (Å²) in [6.45, 7) is 2.56. The summed E-state index contributed by atoms with van der Waals surface area (Å²) in [5, 5.41) is 6.83. The van der Waals surface area contributed by atoms with E-state index in [9.17, 15) is 9.18 Å². The third kappa shape index (κ3) is 4.24. The lowest BCUT2D eigenvalue weighted by Crippen LogP contribution is -2.41. The Kier molecular flexibility index (Phi) is 5.49. The van der Waals surface area contributed by atoms with Crippen LogP contribution in [-0.2, 0) is 0 Å². The first-order chi connectivity index (χ1) is 14.0. The number of halogens is 2. The van der Waals surface area contributed by atoms with Crippen LogP contribution in [-0.4, -0.2) is 27.6 Å². The molecule has 0 aliphatic carbocycles. The number of anilines is 1. The lowest BCUT2D eigenvalue weighted by Gasteiger charge is -2.33. The standard InChI is InChI=1S/C21H20ClFN4O2/c1-13-5-4-6-14(11-13)19-25-20(29-26-19)18-7-2-3-10-27(18)21(28)24-15-8-9-17(23)16(22)12-15/h4-6,8-9,11-12,18H,2-3,7,10H2,1H3,(H,24,28)/t18-/m1/s1. The number of rotatable bonds is 3. The lowest BCUT2D eigenvalue weighted by molar-refractivity contribution is 0.142. The van der Waals surface area contributed by atoms with E-state index in [1.165, 1.54) is 18.2 Å². The SMILES string of the molecule is Cc1cccc(-c2noc([C@H]3CCCCN3C(=O)Nc3ccc(F)c(Cl)c3)n2)c1. The maximum absolute atomic E-state index is 13.4. The van der Waals surface area contributed by atoms with Crippen LogP contribution < -0.4 is 5.32 Å². The molecule has 1 N–H and O–H groups in total. The monoisotopic (exact) mass is 414 g/mol. The summed E-state index contributed by atoms with van der Waals surface area (Å²) < 4.78 is 18.9. The number of carbonyl (C=O) groups excluding carboxylic acids is 1. The van der Waals surface area contributed by atoms with Gasteiger partial charge in [-0.2, -0.15) is 4.98 Å². The number of amides is 2. The van der Waals surface area contributed by atoms with E-state index in [1.807, 2.05) is 31.2 Å². The van der Waals surface area contributed by atoms with Crippen LogP contribution in [0.1, 0.15) is 36.8 Å². The molecule has 150 valence electrons. The molecule has 1 atom stereocenters. The van der Waals surface area contributed by atoms with Crippen molar-refractivity contribution in [3.05, 3.63) is 64.8 Å². The number of aryl methyl sites for hydroxylation is 1. The first-order valence-corrected chi connectivity index (χ1v) is 9.82. The van der Waals surface area contributed by atoms with Gasteiger partial charge in [-0.1, -0.05) is 40.5 Å². The maximum atomic E-state index is 13.4. The van der Waals surface area contributed by atoms with E-state index in [4.69, 9.17) is 16.1 Å². The molecule has 1 saturated heterocycles. The number of hydrogen-bond acceptors (Lipinski definition) is 4. The van der Waals surface area contributed by atoms with Crippen molar-refractivity contribution < 1.29 is 13.7 Å². The number of nitrogens with zero attached hydrogens (tertiary/aromatic N) is 3. The van der Waals surface area contributed by atoms with Gasteiger partial charge in [0, 0.05) is 17.8 Å². The minimum atomic E-state index is -0.532. The highest BCUT2D eigenvalue weighted by Crippen LogP contribution is 2.32. The summed E-state index contributed by atoms with van der Waals surface area (Å²) in [4.78, 5) is 19.1. The lowest BCUT2D eigenvalue weighted by atomic mass is 10.0. The van der Waals surface area contributed by atoms with E-state index < -0.39 is 5.82 Å². The molecule has 1 fully saturated rings. The zero-order chi connectivity index (χ0) is 20.4. The number of likely N-dealkylation sites (tertiary alicyclic amines) is 1. The van der Waals surface area contributed by atoms with Gasteiger partial charge < -0.3 is 14.7 Å². The molecule has 1 aromatic heterocycles. The van der Waals surface area contributed by atoms with Crippen molar-refractivity contribution in [2.24, 2.45) is 0 Å². The van der Waals surface area contributed by atoms with Crippen molar-refractivity contribution in [2.75, 3.05) is 11.9 Å². The topological polar surface area (TPSA) is 71.3 Å². The normalized spacial score (nSPS) is 16.7. The number of benzene rings is 2. The molecule has 4 rings (SSSR count). The second kappa shape index (κ2) is 8.21. The molecule has 0 saturated carbocycles. The van der Waals surface area contributed by atoms with Crippen LogP contribution in [0.25, 0.3) is 11.4 Å². The molecule has 0 spiro atoms. The zero-order valence-corrected chi connectivity index (χ0v) is 16.6. The van der Waals surface area contributed by atoms with Gasteiger partial charge in [0.15, 0.2) is 0 Å². The van der Waals surface area contributed by atoms with Crippen LogP contribution in [0.15, 0.2) is 47.0 Å². The molecule has 2 aromatic carbocycles. The quantitative estimate of drug-likeness (QED) is 0.605. The van der Waals surface area contributed by atoms with Gasteiger partial charge >= 0.3 is 6.03 Å². The van der Waals surface area contributed by atoms with Gasteiger partial charge in [-0.25, -0.2) is 9.18 Å². The van der Waals surface area contributed by atoms with Gasteiger partial charge in [-0.05, 0) is 50.5 Å². The number of piperidine rings is 1. The summed E-state index contributed by atoms with van der Waals surface area (Å²) in [5.74, 6) is 0.378. The Hall–Kier alpha value is -2.93. The third-order valence-corrected chi connectivity index (χ3v) is 5.23. The first-order valence-electron chi connectivity index (χ1n) is 9.44. The average Bonchev–Trinajstić information content (AvgIpc) is 3.21. The number of carbonyl (C=O) groups is 1. The summed E-state index contributed by atoms with van der Waals surface area (Å²) in [5.41, 5.74) is 2.40. The van der Waals surface area contributed by atoms with Crippen molar-refractivity contribution in [2.45, 2.75) is 32.2 Å². The van der Waals surface area contributed by atoms with E-state index in [0.717, 1.165) is 30.4 Å². The highest BCUT2D eigenvalue weighted by Gasteiger charge is 2.32. The Labute approximate surface area is 172 Å². The Balaban J connectivity index is 1.54. The predicted octanol–water partition coefficient (Wildman–Crippen LogP) is 5.60. The fourth-order valence-corrected chi connectivity index (χ4v) is 3.65. The molecule has 1 aliphatic rings. The third-order valence-electron chi connectivity index (χ3n) is 4.94. The molecule has 0 unspecified atom stereocenters. The molecule has 2 amide bonds. The zero-order valence-electron chi connectivity index (χ0n) is 15.9. The highest BCUT2D eigenvalue weighted by molar-refractivity contribution is 6.31. The van der Waals surface area contributed by atoms with E-state index in [0.29, 0.717) is 23.9 Å². The maximum Gasteiger partial charge on any atom is 0.322 e. The van der Waals surface area contributed by atoms with Gasteiger partial charge in [0.05, 0.1) is 5.02 Å². The number of urea groups is 1. The van der Waals surface area contributed by atoms with Gasteiger partial charge in [0.2, 0.25) is 11.7 Å². The second-order valence-electron chi connectivity index (χ2n) is 7.09. The average molecular weight is 415 g/mol. The fraction of sp³-hybridized carbons (Fsp3) is 0.286. The second-order valence-corrected chi connectivity index (χ2v) is 7.50. The van der Waals surface area contributed by atoms with Gasteiger partial charge in [-0.15, -0.1) is 0 Å². The summed E-state index contributed by atoms with van der Waals surface area (Å²) in [7, 11) is 0. The molecule has 0 radical (unpaired) electrons. The molecule has 2 heterocycles. The van der Waals surface area contributed by atoms with E-state index in [1.54, 1.807) is 4.90 Å². The molecule has 8 heteroatoms. The summed E-state index contributed by atoms with van der Waals surface area (Å²) in [6, 6.07) is 11.3. The Morgan fingerprint density at radius 1 is 1.28 bits per heavy atom. The van der Waals surface area contributed by atoms with Gasteiger partial charge in [0.1, 0.15) is 11.9 Å². The Morgan fingerprint density at radius 3 is 2.93 bits per heavy atom. The van der Waals surface area contributed by atoms with Crippen molar-refractivity contribution >= 4 is 23.3 Å². The van der Waals surface area contributed by atoms with Crippen molar-refractivity contribution in [3.63, 3.8) is 0 Å². The molecule has 6 nitrogen and oxygen atoms in total. The summed E-state index contributed by atoms with van der Waals surface area (Å²) in [6.07, 6.45) is 2.57. The molecular weight excluding hydrogens is 395 g/mol. The smallest absolute Gasteiger partial charge is 0.322 e. The Morgan fingerprint density at radius 2 is 2.14 bits per heavy atom. The fourth-order valence-electron chi connectivity index (χ4n) is 3.47.